The van der Waals surface area contributed by atoms with Gasteiger partial charge in [0.25, 0.3) is 0 Å². The third-order valence-corrected chi connectivity index (χ3v) is 4.73. The Labute approximate surface area is 168 Å². The third kappa shape index (κ3) is 21.1. The van der Waals surface area contributed by atoms with Gasteiger partial charge in [-0.25, -0.2) is 0 Å². The Bertz CT molecular complexity index is 374. The molecule has 0 atom stereocenters. The van der Waals surface area contributed by atoms with Gasteiger partial charge in [0.1, 0.15) is 5.60 Å². The van der Waals surface area contributed by atoms with Gasteiger partial charge in [-0.1, -0.05) is 77.0 Å². The lowest BCUT2D eigenvalue weighted by Gasteiger charge is -2.19. The van der Waals surface area contributed by atoms with E-state index in [1.807, 2.05) is 20.8 Å². The molecule has 0 fully saturated rings. The monoisotopic (exact) mass is 383 g/mol. The maximum atomic E-state index is 11.6. The van der Waals surface area contributed by atoms with Crippen LogP contribution in [0, 0.1) is 0 Å². The number of carbonyl (C=O) groups excluding carboxylic acids is 2. The molecule has 1 N–H and O–H groups in total. The van der Waals surface area contributed by atoms with Gasteiger partial charge in [-0.2, -0.15) is 0 Å². The van der Waals surface area contributed by atoms with E-state index < -0.39 is 0 Å². The molecule has 1 amide bonds. The summed E-state index contributed by atoms with van der Waals surface area (Å²) >= 11 is 0. The molecule has 0 spiro atoms. The first-order valence-corrected chi connectivity index (χ1v) is 11.3. The Morgan fingerprint density at radius 1 is 0.630 bits per heavy atom. The molecule has 0 saturated heterocycles. The van der Waals surface area contributed by atoms with Gasteiger partial charge >= 0.3 is 5.97 Å². The van der Waals surface area contributed by atoms with Gasteiger partial charge in [-0.3, -0.25) is 9.59 Å². The van der Waals surface area contributed by atoms with Crippen LogP contribution in [0.5, 0.6) is 0 Å². The number of carbonyl (C=O) groups is 2. The van der Waals surface area contributed by atoms with Crippen LogP contribution in [0.2, 0.25) is 0 Å². The molecule has 0 aliphatic carbocycles. The zero-order chi connectivity index (χ0) is 20.4. The van der Waals surface area contributed by atoms with Crippen LogP contribution in [0.15, 0.2) is 0 Å². The molecule has 0 aliphatic heterocycles. The minimum Gasteiger partial charge on any atom is -0.460 e. The second-order valence-corrected chi connectivity index (χ2v) is 8.71. The van der Waals surface area contributed by atoms with Gasteiger partial charge in [-0.15, -0.1) is 0 Å². The van der Waals surface area contributed by atoms with Crippen molar-refractivity contribution in [3.8, 4) is 0 Å². The van der Waals surface area contributed by atoms with Crippen LogP contribution in [0.25, 0.3) is 0 Å². The molecule has 0 aromatic heterocycles. The van der Waals surface area contributed by atoms with E-state index in [2.05, 4.69) is 5.32 Å². The minimum atomic E-state index is -0.357. The highest BCUT2D eigenvalue weighted by molar-refractivity contribution is 5.75. The molecule has 0 rings (SSSR count). The molecule has 160 valence electrons. The Morgan fingerprint density at radius 2 is 0.963 bits per heavy atom. The van der Waals surface area contributed by atoms with Crippen LogP contribution in [-0.4, -0.2) is 24.5 Å². The lowest BCUT2D eigenvalue weighted by molar-refractivity contribution is -0.154. The maximum Gasteiger partial charge on any atom is 0.306 e. The summed E-state index contributed by atoms with van der Waals surface area (Å²) in [4.78, 5) is 22.7. The van der Waals surface area contributed by atoms with Crippen molar-refractivity contribution in [2.75, 3.05) is 7.05 Å². The summed E-state index contributed by atoms with van der Waals surface area (Å²) in [6.45, 7) is 5.75. The van der Waals surface area contributed by atoms with E-state index in [9.17, 15) is 9.59 Å². The third-order valence-electron chi connectivity index (χ3n) is 4.73. The van der Waals surface area contributed by atoms with Crippen molar-refractivity contribution in [1.29, 1.82) is 0 Å². The average Bonchev–Trinajstić information content (AvgIpc) is 2.59. The molecule has 0 unspecified atom stereocenters. The van der Waals surface area contributed by atoms with Crippen LogP contribution in [0.1, 0.15) is 124 Å². The minimum absolute atomic E-state index is 0.0612. The summed E-state index contributed by atoms with van der Waals surface area (Å²) in [6.07, 6.45) is 18.7. The largest absolute Gasteiger partial charge is 0.460 e. The van der Waals surface area contributed by atoms with Crippen molar-refractivity contribution in [3.05, 3.63) is 0 Å². The molecular formula is C23H45NO3. The van der Waals surface area contributed by atoms with Gasteiger partial charge in [0.2, 0.25) is 5.91 Å². The predicted molar refractivity (Wildman–Crippen MR) is 114 cm³/mol. The van der Waals surface area contributed by atoms with Gasteiger partial charge in [0.05, 0.1) is 0 Å². The molecule has 0 aliphatic rings. The van der Waals surface area contributed by atoms with E-state index in [1.165, 1.54) is 70.6 Å². The SMILES string of the molecule is CNC(=O)CCCCCCCCCCCCCCCCC(=O)OC(C)(C)C. The molecule has 0 saturated carbocycles. The molecule has 0 aromatic rings. The first kappa shape index (κ1) is 25.9. The Hall–Kier alpha value is -1.06. The quantitative estimate of drug-likeness (QED) is 0.236. The van der Waals surface area contributed by atoms with Crippen LogP contribution < -0.4 is 5.32 Å². The summed E-state index contributed by atoms with van der Waals surface area (Å²) in [7, 11) is 1.70. The number of amides is 1. The fourth-order valence-electron chi connectivity index (χ4n) is 3.19. The van der Waals surface area contributed by atoms with E-state index in [0.717, 1.165) is 19.3 Å². The first-order valence-electron chi connectivity index (χ1n) is 11.3. The van der Waals surface area contributed by atoms with Gasteiger partial charge in [0.15, 0.2) is 0 Å². The van der Waals surface area contributed by atoms with Gasteiger partial charge in [0, 0.05) is 19.9 Å². The maximum absolute atomic E-state index is 11.6. The van der Waals surface area contributed by atoms with Crippen LogP contribution in [0.4, 0.5) is 0 Å². The number of hydrogen-bond donors (Lipinski definition) is 1. The molecule has 0 aromatic carbocycles. The van der Waals surface area contributed by atoms with E-state index in [1.54, 1.807) is 7.05 Å². The smallest absolute Gasteiger partial charge is 0.306 e. The number of nitrogens with one attached hydrogen (secondary N) is 1. The first-order chi connectivity index (χ1) is 12.8. The van der Waals surface area contributed by atoms with Crippen molar-refractivity contribution in [1.82, 2.24) is 5.32 Å². The topological polar surface area (TPSA) is 55.4 Å². The zero-order valence-corrected chi connectivity index (χ0v) is 18.5. The summed E-state index contributed by atoms with van der Waals surface area (Å²) in [5, 5.41) is 2.67. The zero-order valence-electron chi connectivity index (χ0n) is 18.5. The van der Waals surface area contributed by atoms with E-state index >= 15 is 0 Å². The van der Waals surface area contributed by atoms with Crippen molar-refractivity contribution < 1.29 is 14.3 Å². The molecule has 4 nitrogen and oxygen atoms in total. The molecule has 0 heterocycles. The Morgan fingerprint density at radius 3 is 1.30 bits per heavy atom. The Balaban J connectivity index is 3.17. The van der Waals surface area contributed by atoms with E-state index in [0.29, 0.717) is 12.8 Å². The number of hydrogen-bond acceptors (Lipinski definition) is 3. The second kappa shape index (κ2) is 17.1. The molecule has 4 heteroatoms. The lowest BCUT2D eigenvalue weighted by atomic mass is 10.0. The summed E-state index contributed by atoms with van der Waals surface area (Å²) in [6, 6.07) is 0. The Kier molecular flexibility index (Phi) is 16.4. The van der Waals surface area contributed by atoms with Gasteiger partial charge in [-0.05, 0) is 33.6 Å². The van der Waals surface area contributed by atoms with Crippen molar-refractivity contribution in [2.45, 2.75) is 129 Å². The highest BCUT2D eigenvalue weighted by Gasteiger charge is 2.15. The summed E-state index contributed by atoms with van der Waals surface area (Å²) in [5.41, 5.74) is -0.357. The fraction of sp³-hybridized carbons (Fsp3) is 0.913. The molecule has 0 radical (unpaired) electrons. The lowest BCUT2D eigenvalue weighted by Crippen LogP contribution is -2.23. The summed E-state index contributed by atoms with van der Waals surface area (Å²) in [5.74, 6) is 0.104. The predicted octanol–water partition coefficient (Wildman–Crippen LogP) is 6.32. The fourth-order valence-corrected chi connectivity index (χ4v) is 3.19. The number of ether oxygens (including phenoxy) is 1. The van der Waals surface area contributed by atoms with Crippen LogP contribution in [-0.2, 0) is 14.3 Å². The highest BCUT2D eigenvalue weighted by Crippen LogP contribution is 2.14. The van der Waals surface area contributed by atoms with E-state index in [4.69, 9.17) is 4.74 Å². The summed E-state index contributed by atoms with van der Waals surface area (Å²) < 4.78 is 5.32. The number of esters is 1. The van der Waals surface area contributed by atoms with E-state index in [-0.39, 0.29) is 17.5 Å². The average molecular weight is 384 g/mol. The van der Waals surface area contributed by atoms with Crippen molar-refractivity contribution in [3.63, 3.8) is 0 Å². The highest BCUT2D eigenvalue weighted by atomic mass is 16.6. The molecular weight excluding hydrogens is 338 g/mol. The second-order valence-electron chi connectivity index (χ2n) is 8.71. The van der Waals surface area contributed by atoms with Gasteiger partial charge < -0.3 is 10.1 Å². The van der Waals surface area contributed by atoms with Crippen LogP contribution in [0.3, 0.4) is 0 Å². The van der Waals surface area contributed by atoms with Crippen molar-refractivity contribution >= 4 is 11.9 Å². The number of unbranched alkanes of at least 4 members (excludes halogenated alkanes) is 13. The molecule has 27 heavy (non-hydrogen) atoms. The molecule has 0 bridgehead atoms. The number of rotatable bonds is 17. The standard InChI is InChI=1S/C23H45NO3/c1-23(2,3)27-22(26)20-18-16-14-12-10-8-6-5-7-9-11-13-15-17-19-21(25)24-4/h5-20H2,1-4H3,(H,24,25). The van der Waals surface area contributed by atoms with Crippen molar-refractivity contribution in [2.24, 2.45) is 0 Å². The van der Waals surface area contributed by atoms with Crippen LogP contribution >= 0.6 is 0 Å². The normalized spacial score (nSPS) is 11.4.